The van der Waals surface area contributed by atoms with Crippen molar-refractivity contribution in [3.63, 3.8) is 0 Å². The Kier molecular flexibility index (Phi) is 5.09. The summed E-state index contributed by atoms with van der Waals surface area (Å²) >= 11 is 3.56. The van der Waals surface area contributed by atoms with Gasteiger partial charge in [-0.15, -0.1) is 22.7 Å². The average molecular weight is 335 g/mol. The minimum Gasteiger partial charge on any atom is -0.297 e. The first kappa shape index (κ1) is 15.2. The molecular formula is C17H22OS2Si. The van der Waals surface area contributed by atoms with Crippen LogP contribution in [0.1, 0.15) is 55.1 Å². The summed E-state index contributed by atoms with van der Waals surface area (Å²) < 4.78 is 0. The number of unbranched alkanes of at least 4 members (excludes halogenated alkanes) is 5. The summed E-state index contributed by atoms with van der Waals surface area (Å²) in [6.07, 6.45) is 9.25. The zero-order valence-electron chi connectivity index (χ0n) is 12.6. The lowest BCUT2D eigenvalue weighted by molar-refractivity contribution is 0.112. The van der Waals surface area contributed by atoms with Crippen molar-refractivity contribution in [1.82, 2.24) is 0 Å². The van der Waals surface area contributed by atoms with E-state index in [4.69, 9.17) is 0 Å². The van der Waals surface area contributed by atoms with Crippen molar-refractivity contribution in [2.45, 2.75) is 51.5 Å². The van der Waals surface area contributed by atoms with E-state index in [9.17, 15) is 4.79 Å². The SMILES string of the molecule is CCCCCCCC[SiH]1c2ccsc2-c2sc(C=O)cc21. The van der Waals surface area contributed by atoms with E-state index < -0.39 is 8.80 Å². The van der Waals surface area contributed by atoms with Gasteiger partial charge in [-0.2, -0.15) is 0 Å². The Balaban J connectivity index is 1.66. The number of rotatable bonds is 8. The summed E-state index contributed by atoms with van der Waals surface area (Å²) in [5.41, 5.74) is 0. The minimum absolute atomic E-state index is 0.916. The third-order valence-corrected chi connectivity index (χ3v) is 10.4. The van der Waals surface area contributed by atoms with Crippen molar-refractivity contribution in [1.29, 1.82) is 0 Å². The van der Waals surface area contributed by atoms with Crippen LogP contribution in [0.2, 0.25) is 6.04 Å². The Bertz CT molecular complexity index is 614. The van der Waals surface area contributed by atoms with Gasteiger partial charge in [-0.3, -0.25) is 4.79 Å². The predicted molar refractivity (Wildman–Crippen MR) is 97.6 cm³/mol. The van der Waals surface area contributed by atoms with E-state index in [-0.39, 0.29) is 0 Å². The largest absolute Gasteiger partial charge is 0.297 e. The quantitative estimate of drug-likeness (QED) is 0.399. The molecule has 3 heterocycles. The smallest absolute Gasteiger partial charge is 0.160 e. The van der Waals surface area contributed by atoms with E-state index in [0.717, 1.165) is 11.2 Å². The molecular weight excluding hydrogens is 312 g/mol. The molecule has 0 aromatic carbocycles. The Morgan fingerprint density at radius 2 is 1.90 bits per heavy atom. The Labute approximate surface area is 136 Å². The summed E-state index contributed by atoms with van der Waals surface area (Å²) in [6, 6.07) is 5.91. The molecule has 0 radical (unpaired) electrons. The number of hydrogen-bond acceptors (Lipinski definition) is 3. The van der Waals surface area contributed by atoms with Crippen molar-refractivity contribution in [2.75, 3.05) is 0 Å². The first-order chi connectivity index (χ1) is 10.3. The molecule has 0 amide bonds. The highest BCUT2D eigenvalue weighted by Crippen LogP contribution is 2.34. The molecule has 1 unspecified atom stereocenters. The predicted octanol–water partition coefficient (Wildman–Crippen LogP) is 4.30. The summed E-state index contributed by atoms with van der Waals surface area (Å²) in [6.45, 7) is 2.27. The highest BCUT2D eigenvalue weighted by atomic mass is 32.1. The van der Waals surface area contributed by atoms with Gasteiger partial charge in [0.2, 0.25) is 0 Å². The van der Waals surface area contributed by atoms with Crippen LogP contribution in [-0.4, -0.2) is 15.1 Å². The van der Waals surface area contributed by atoms with E-state index in [1.165, 1.54) is 54.3 Å². The van der Waals surface area contributed by atoms with Crippen LogP contribution >= 0.6 is 22.7 Å². The van der Waals surface area contributed by atoms with E-state index in [0.29, 0.717) is 0 Å². The van der Waals surface area contributed by atoms with Crippen molar-refractivity contribution in [3.05, 3.63) is 22.4 Å². The Morgan fingerprint density at radius 1 is 1.10 bits per heavy atom. The fraction of sp³-hybridized carbons (Fsp3) is 0.471. The number of carbonyl (C=O) groups excluding carboxylic acids is 1. The van der Waals surface area contributed by atoms with E-state index in [1.54, 1.807) is 21.7 Å². The molecule has 0 aliphatic carbocycles. The maximum atomic E-state index is 11.1. The summed E-state index contributed by atoms with van der Waals surface area (Å²) in [5.74, 6) is 0. The molecule has 2 aromatic heterocycles. The standard InChI is InChI=1S/C17H22OS2Si/c1-2-3-4-5-6-7-10-21-14-8-9-19-16(14)17-15(21)11-13(12-18)20-17/h8-9,11-12,21H,2-7,10H2,1H3. The van der Waals surface area contributed by atoms with Gasteiger partial charge in [-0.25, -0.2) is 0 Å². The minimum atomic E-state index is -1.02. The van der Waals surface area contributed by atoms with Crippen molar-refractivity contribution >= 4 is 48.1 Å². The molecule has 0 N–H and O–H groups in total. The lowest BCUT2D eigenvalue weighted by Crippen LogP contribution is -2.36. The fourth-order valence-corrected chi connectivity index (χ4v) is 10.2. The molecule has 1 nitrogen and oxygen atoms in total. The van der Waals surface area contributed by atoms with Gasteiger partial charge in [0.1, 0.15) is 8.80 Å². The molecule has 1 aliphatic heterocycles. The van der Waals surface area contributed by atoms with Crippen molar-refractivity contribution in [2.24, 2.45) is 0 Å². The zero-order valence-corrected chi connectivity index (χ0v) is 15.3. The highest BCUT2D eigenvalue weighted by Gasteiger charge is 2.32. The van der Waals surface area contributed by atoms with Crippen molar-refractivity contribution in [3.8, 4) is 9.75 Å². The lowest BCUT2D eigenvalue weighted by Gasteiger charge is -2.09. The van der Waals surface area contributed by atoms with Crippen LogP contribution in [0.15, 0.2) is 17.5 Å². The van der Waals surface area contributed by atoms with Crippen LogP contribution < -0.4 is 10.4 Å². The van der Waals surface area contributed by atoms with Gasteiger partial charge in [0.25, 0.3) is 0 Å². The molecule has 1 atom stereocenters. The molecule has 0 saturated heterocycles. The number of carbonyl (C=O) groups is 1. The van der Waals surface area contributed by atoms with Gasteiger partial charge < -0.3 is 0 Å². The summed E-state index contributed by atoms with van der Waals surface area (Å²) in [5, 5.41) is 5.43. The van der Waals surface area contributed by atoms with Crippen LogP contribution in [0.25, 0.3) is 9.75 Å². The van der Waals surface area contributed by atoms with Gasteiger partial charge in [-0.1, -0.05) is 57.6 Å². The van der Waals surface area contributed by atoms with Gasteiger partial charge in [-0.05, 0) is 21.8 Å². The van der Waals surface area contributed by atoms with E-state index >= 15 is 0 Å². The van der Waals surface area contributed by atoms with Crippen LogP contribution in [0.5, 0.6) is 0 Å². The van der Waals surface area contributed by atoms with Crippen LogP contribution in [0.3, 0.4) is 0 Å². The van der Waals surface area contributed by atoms with Gasteiger partial charge in [0.05, 0.1) is 4.88 Å². The van der Waals surface area contributed by atoms with Crippen molar-refractivity contribution < 1.29 is 4.79 Å². The van der Waals surface area contributed by atoms with Gasteiger partial charge in [0, 0.05) is 9.75 Å². The molecule has 0 spiro atoms. The van der Waals surface area contributed by atoms with Gasteiger partial charge >= 0.3 is 0 Å². The Morgan fingerprint density at radius 3 is 2.71 bits per heavy atom. The molecule has 21 heavy (non-hydrogen) atoms. The molecule has 3 rings (SSSR count). The first-order valence-electron chi connectivity index (χ1n) is 8.01. The first-order valence-corrected chi connectivity index (χ1v) is 11.7. The third kappa shape index (κ3) is 3.08. The van der Waals surface area contributed by atoms with E-state index in [2.05, 4.69) is 24.4 Å². The number of fused-ring (bicyclic) bond motifs is 3. The maximum absolute atomic E-state index is 11.1. The highest BCUT2D eigenvalue weighted by molar-refractivity contribution is 7.27. The van der Waals surface area contributed by atoms with Crippen LogP contribution in [0, 0.1) is 0 Å². The molecule has 2 aromatic rings. The average Bonchev–Trinajstić information content (AvgIpc) is 3.16. The topological polar surface area (TPSA) is 17.1 Å². The number of hydrogen-bond donors (Lipinski definition) is 0. The Hall–Kier alpha value is -0.713. The molecule has 4 heteroatoms. The van der Waals surface area contributed by atoms with Crippen LogP contribution in [0.4, 0.5) is 0 Å². The normalized spacial score (nSPS) is 16.0. The third-order valence-electron chi connectivity index (χ3n) is 4.40. The summed E-state index contributed by atoms with van der Waals surface area (Å²) in [7, 11) is -1.02. The zero-order chi connectivity index (χ0) is 14.7. The molecule has 1 aliphatic rings. The second kappa shape index (κ2) is 7.03. The second-order valence-corrected chi connectivity index (χ2v) is 10.8. The van der Waals surface area contributed by atoms with Crippen LogP contribution in [-0.2, 0) is 0 Å². The molecule has 0 fully saturated rings. The lowest BCUT2D eigenvalue weighted by atomic mass is 10.1. The monoisotopic (exact) mass is 334 g/mol. The molecule has 0 saturated carbocycles. The summed E-state index contributed by atoms with van der Waals surface area (Å²) in [4.78, 5) is 14.9. The maximum Gasteiger partial charge on any atom is 0.160 e. The molecule has 112 valence electrons. The molecule has 0 bridgehead atoms. The van der Waals surface area contributed by atoms with E-state index in [1.807, 2.05) is 11.3 Å². The number of aldehydes is 1. The van der Waals surface area contributed by atoms with Gasteiger partial charge in [0.15, 0.2) is 6.29 Å². The second-order valence-electron chi connectivity index (χ2n) is 5.87. The number of thiophene rings is 2. The fourth-order valence-electron chi connectivity index (χ4n) is 3.30.